The molecule has 3 aromatic rings. The Morgan fingerprint density at radius 3 is 2.50 bits per heavy atom. The smallest absolute Gasteiger partial charge is 0.258 e. The Kier molecular flexibility index (Phi) is 4.95. The average Bonchev–Trinajstić information content (AvgIpc) is 3.39. The van der Waals surface area contributed by atoms with Crippen molar-refractivity contribution in [2.75, 3.05) is 13.2 Å². The van der Waals surface area contributed by atoms with Gasteiger partial charge >= 0.3 is 0 Å². The Hall–Kier alpha value is -2.70. The van der Waals surface area contributed by atoms with Gasteiger partial charge in [0, 0.05) is 24.3 Å². The quantitative estimate of drug-likeness (QED) is 0.733. The van der Waals surface area contributed by atoms with E-state index in [0.29, 0.717) is 24.9 Å². The van der Waals surface area contributed by atoms with E-state index in [9.17, 15) is 0 Å². The first-order valence-electron chi connectivity index (χ1n) is 8.80. The molecule has 6 heteroatoms. The number of hydrogen-bond acceptors (Lipinski definition) is 6. The van der Waals surface area contributed by atoms with Crippen molar-refractivity contribution in [2.24, 2.45) is 5.73 Å². The molecule has 134 valence electrons. The molecule has 1 fully saturated rings. The van der Waals surface area contributed by atoms with Gasteiger partial charge < -0.3 is 19.7 Å². The highest BCUT2D eigenvalue weighted by atomic mass is 16.5. The van der Waals surface area contributed by atoms with Gasteiger partial charge in [0.2, 0.25) is 5.82 Å². The number of nitrogens with two attached hydrogens (primary N) is 1. The van der Waals surface area contributed by atoms with E-state index in [1.54, 1.807) is 0 Å². The highest BCUT2D eigenvalue weighted by Gasteiger charge is 2.16. The normalized spacial score (nSPS) is 16.7. The molecule has 0 aliphatic carbocycles. The van der Waals surface area contributed by atoms with E-state index >= 15 is 0 Å². The van der Waals surface area contributed by atoms with Gasteiger partial charge in [-0.05, 0) is 42.7 Å². The summed E-state index contributed by atoms with van der Waals surface area (Å²) in [4.78, 5) is 4.48. The topological polar surface area (TPSA) is 83.4 Å². The Labute approximate surface area is 151 Å². The summed E-state index contributed by atoms with van der Waals surface area (Å²) in [5.74, 6) is 1.84. The standard InChI is InChI=1S/C20H21N3O3/c21-12-14-3-5-15(6-4-14)19-22-20(26-23-19)16-7-9-17(10-8-16)25-13-18-2-1-11-24-18/h3-10,18H,1-2,11-13,21H2. The number of hydrogen-bond donors (Lipinski definition) is 1. The van der Waals surface area contributed by atoms with E-state index in [4.69, 9.17) is 19.7 Å². The number of aromatic nitrogens is 2. The van der Waals surface area contributed by atoms with Gasteiger partial charge in [-0.1, -0.05) is 29.4 Å². The number of ether oxygens (including phenoxy) is 2. The molecule has 1 unspecified atom stereocenters. The lowest BCUT2D eigenvalue weighted by Gasteiger charge is -2.11. The summed E-state index contributed by atoms with van der Waals surface area (Å²) in [6.07, 6.45) is 2.38. The molecule has 0 amide bonds. The third-order valence-corrected chi connectivity index (χ3v) is 4.44. The van der Waals surface area contributed by atoms with Crippen LogP contribution in [0.2, 0.25) is 0 Å². The fourth-order valence-corrected chi connectivity index (χ4v) is 2.91. The molecule has 4 rings (SSSR count). The molecule has 2 aromatic carbocycles. The molecule has 1 aliphatic heterocycles. The summed E-state index contributed by atoms with van der Waals surface area (Å²) in [5.41, 5.74) is 8.44. The molecule has 6 nitrogen and oxygen atoms in total. The van der Waals surface area contributed by atoms with Gasteiger partial charge in [0.1, 0.15) is 12.4 Å². The maximum absolute atomic E-state index is 5.78. The predicted octanol–water partition coefficient (Wildman–Crippen LogP) is 3.42. The summed E-state index contributed by atoms with van der Waals surface area (Å²) in [7, 11) is 0. The van der Waals surface area contributed by atoms with E-state index in [1.807, 2.05) is 48.5 Å². The highest BCUT2D eigenvalue weighted by molar-refractivity contribution is 5.60. The highest BCUT2D eigenvalue weighted by Crippen LogP contribution is 2.25. The maximum Gasteiger partial charge on any atom is 0.258 e. The van der Waals surface area contributed by atoms with Crippen molar-refractivity contribution in [3.05, 3.63) is 54.1 Å². The monoisotopic (exact) mass is 351 g/mol. The van der Waals surface area contributed by atoms with Crippen LogP contribution in [-0.2, 0) is 11.3 Å². The third kappa shape index (κ3) is 3.76. The van der Waals surface area contributed by atoms with Crippen molar-refractivity contribution in [1.29, 1.82) is 0 Å². The number of rotatable bonds is 6. The van der Waals surface area contributed by atoms with E-state index < -0.39 is 0 Å². The molecule has 2 N–H and O–H groups in total. The first-order chi connectivity index (χ1) is 12.8. The van der Waals surface area contributed by atoms with Crippen LogP contribution < -0.4 is 10.5 Å². The lowest BCUT2D eigenvalue weighted by atomic mass is 10.1. The molecule has 1 aliphatic rings. The molecule has 0 saturated carbocycles. The van der Waals surface area contributed by atoms with Gasteiger partial charge in [-0.15, -0.1) is 0 Å². The van der Waals surface area contributed by atoms with Crippen LogP contribution in [0, 0.1) is 0 Å². The minimum absolute atomic E-state index is 0.207. The van der Waals surface area contributed by atoms with Gasteiger partial charge in [-0.3, -0.25) is 0 Å². The van der Waals surface area contributed by atoms with Crippen LogP contribution in [0.4, 0.5) is 0 Å². The fraction of sp³-hybridized carbons (Fsp3) is 0.300. The summed E-state index contributed by atoms with van der Waals surface area (Å²) in [6, 6.07) is 15.5. The van der Waals surface area contributed by atoms with Gasteiger partial charge in [0.05, 0.1) is 6.10 Å². The lowest BCUT2D eigenvalue weighted by Crippen LogP contribution is -2.16. The van der Waals surface area contributed by atoms with Gasteiger partial charge in [-0.2, -0.15) is 4.98 Å². The lowest BCUT2D eigenvalue weighted by molar-refractivity contribution is 0.0679. The van der Waals surface area contributed by atoms with E-state index in [1.165, 1.54) is 0 Å². The largest absolute Gasteiger partial charge is 0.491 e. The molecular formula is C20H21N3O3. The van der Waals surface area contributed by atoms with Crippen molar-refractivity contribution in [3.63, 3.8) is 0 Å². The maximum atomic E-state index is 5.78. The molecule has 26 heavy (non-hydrogen) atoms. The Morgan fingerprint density at radius 2 is 1.81 bits per heavy atom. The molecule has 0 bridgehead atoms. The minimum atomic E-state index is 0.207. The predicted molar refractivity (Wildman–Crippen MR) is 97.5 cm³/mol. The summed E-state index contributed by atoms with van der Waals surface area (Å²) >= 11 is 0. The second kappa shape index (κ2) is 7.68. The van der Waals surface area contributed by atoms with Gasteiger partial charge in [0.15, 0.2) is 0 Å². The van der Waals surface area contributed by atoms with Crippen LogP contribution >= 0.6 is 0 Å². The molecule has 2 heterocycles. The zero-order valence-electron chi connectivity index (χ0n) is 14.4. The van der Waals surface area contributed by atoms with Crippen molar-refractivity contribution in [2.45, 2.75) is 25.5 Å². The molecular weight excluding hydrogens is 330 g/mol. The van der Waals surface area contributed by atoms with Crippen molar-refractivity contribution in [3.8, 4) is 28.6 Å². The summed E-state index contributed by atoms with van der Waals surface area (Å²) in [6.45, 7) is 1.93. The fourth-order valence-electron chi connectivity index (χ4n) is 2.91. The van der Waals surface area contributed by atoms with Crippen LogP contribution in [0.5, 0.6) is 5.75 Å². The van der Waals surface area contributed by atoms with Gasteiger partial charge in [-0.25, -0.2) is 0 Å². The van der Waals surface area contributed by atoms with E-state index in [0.717, 1.165) is 41.9 Å². The second-order valence-electron chi connectivity index (χ2n) is 6.29. The van der Waals surface area contributed by atoms with Crippen LogP contribution in [0.25, 0.3) is 22.8 Å². The molecule has 0 radical (unpaired) electrons. The second-order valence-corrected chi connectivity index (χ2v) is 6.29. The Balaban J connectivity index is 1.43. The zero-order chi connectivity index (χ0) is 17.8. The van der Waals surface area contributed by atoms with Crippen molar-refractivity contribution < 1.29 is 14.0 Å². The van der Waals surface area contributed by atoms with Crippen LogP contribution in [0.1, 0.15) is 18.4 Å². The van der Waals surface area contributed by atoms with Crippen molar-refractivity contribution in [1.82, 2.24) is 10.1 Å². The third-order valence-electron chi connectivity index (χ3n) is 4.44. The molecule has 1 saturated heterocycles. The van der Waals surface area contributed by atoms with E-state index in [-0.39, 0.29) is 6.10 Å². The first kappa shape index (κ1) is 16.8. The van der Waals surface area contributed by atoms with Crippen LogP contribution in [-0.4, -0.2) is 29.5 Å². The van der Waals surface area contributed by atoms with Crippen LogP contribution in [0.3, 0.4) is 0 Å². The van der Waals surface area contributed by atoms with Crippen molar-refractivity contribution >= 4 is 0 Å². The number of nitrogens with zero attached hydrogens (tertiary/aromatic N) is 2. The summed E-state index contributed by atoms with van der Waals surface area (Å²) in [5, 5.41) is 4.06. The number of benzene rings is 2. The first-order valence-corrected chi connectivity index (χ1v) is 8.80. The minimum Gasteiger partial charge on any atom is -0.491 e. The Bertz CT molecular complexity index is 837. The molecule has 1 aromatic heterocycles. The van der Waals surface area contributed by atoms with Gasteiger partial charge in [0.25, 0.3) is 5.89 Å². The molecule has 1 atom stereocenters. The summed E-state index contributed by atoms with van der Waals surface area (Å²) < 4.78 is 16.7. The van der Waals surface area contributed by atoms with E-state index in [2.05, 4.69) is 10.1 Å². The molecule has 0 spiro atoms. The SMILES string of the molecule is NCc1ccc(-c2noc(-c3ccc(OCC4CCCO4)cc3)n2)cc1. The Morgan fingerprint density at radius 1 is 1.04 bits per heavy atom. The van der Waals surface area contributed by atoms with Crippen LogP contribution in [0.15, 0.2) is 53.1 Å². The average molecular weight is 351 g/mol. The zero-order valence-corrected chi connectivity index (χ0v) is 14.4.